The normalized spacial score (nSPS) is 14.2. The van der Waals surface area contributed by atoms with Gasteiger partial charge < -0.3 is 0 Å². The first kappa shape index (κ1) is 15.5. The predicted octanol–water partition coefficient (Wildman–Crippen LogP) is 5.49. The number of unbranched alkanes of at least 4 members (excludes halogenated alkanes) is 5. The van der Waals surface area contributed by atoms with Crippen LogP contribution in [0.25, 0.3) is 0 Å². The fourth-order valence-corrected chi connectivity index (χ4v) is 2.44. The van der Waals surface area contributed by atoms with Gasteiger partial charge in [-0.1, -0.05) is 68.0 Å². The van der Waals surface area contributed by atoms with Crippen molar-refractivity contribution in [2.75, 3.05) is 0 Å². The number of hydrogen-bond donors (Lipinski definition) is 0. The van der Waals surface area contributed by atoms with Crippen LogP contribution in [-0.2, 0) is 0 Å². The average Bonchev–Trinajstić information content (AvgIpc) is 2.08. The van der Waals surface area contributed by atoms with Crippen molar-refractivity contribution in [3.05, 3.63) is 0 Å². The van der Waals surface area contributed by atoms with Crippen LogP contribution in [0.4, 0.5) is 13.2 Å². The Morgan fingerprint density at radius 3 is 2.07 bits per heavy atom. The summed E-state index contributed by atoms with van der Waals surface area (Å²) >= 11 is 1.92. The molecular weight excluding hydrogens is 316 g/mol. The molecule has 92 valence electrons. The Hall–Kier alpha value is 0.520. The maximum Gasteiger partial charge on any atom is 0.390 e. The molecule has 0 aromatic heterocycles. The van der Waals surface area contributed by atoms with Gasteiger partial charge in [-0.25, -0.2) is 0 Å². The lowest BCUT2D eigenvalue weighted by atomic mass is 10.1. The molecule has 0 rings (SSSR count). The predicted molar refractivity (Wildman–Crippen MR) is 66.5 cm³/mol. The molecule has 0 saturated heterocycles. The van der Waals surface area contributed by atoms with E-state index in [0.29, 0.717) is 6.42 Å². The quantitative estimate of drug-likeness (QED) is 0.312. The second-order valence-corrected chi connectivity index (χ2v) is 5.73. The van der Waals surface area contributed by atoms with E-state index in [-0.39, 0.29) is 3.92 Å². The molecule has 1 atom stereocenters. The highest BCUT2D eigenvalue weighted by atomic mass is 127. The minimum atomic E-state index is -3.99. The van der Waals surface area contributed by atoms with E-state index in [9.17, 15) is 13.2 Å². The average molecular weight is 336 g/mol. The summed E-state index contributed by atoms with van der Waals surface area (Å²) in [6.45, 7) is 2.16. The van der Waals surface area contributed by atoms with Gasteiger partial charge in [0.15, 0.2) is 0 Å². The molecule has 15 heavy (non-hydrogen) atoms. The van der Waals surface area contributed by atoms with Crippen molar-refractivity contribution in [1.29, 1.82) is 0 Å². The Balaban J connectivity index is 3.28. The van der Waals surface area contributed by atoms with Crippen molar-refractivity contribution in [1.82, 2.24) is 0 Å². The molecule has 0 amide bonds. The van der Waals surface area contributed by atoms with E-state index in [2.05, 4.69) is 6.92 Å². The van der Waals surface area contributed by atoms with Crippen molar-refractivity contribution in [3.8, 4) is 0 Å². The zero-order valence-electron chi connectivity index (χ0n) is 9.25. The third kappa shape index (κ3) is 12.5. The fourth-order valence-electron chi connectivity index (χ4n) is 1.50. The van der Waals surface area contributed by atoms with Crippen LogP contribution < -0.4 is 0 Å². The molecule has 0 aliphatic carbocycles. The second kappa shape index (κ2) is 8.65. The van der Waals surface area contributed by atoms with Crippen LogP contribution in [0.5, 0.6) is 0 Å². The molecule has 0 spiro atoms. The summed E-state index contributed by atoms with van der Waals surface area (Å²) in [4.78, 5) is 0. The maximum atomic E-state index is 12.0. The number of halogens is 4. The number of rotatable bonds is 8. The van der Waals surface area contributed by atoms with Gasteiger partial charge in [0.25, 0.3) is 0 Å². The van der Waals surface area contributed by atoms with Gasteiger partial charge in [-0.15, -0.1) is 0 Å². The van der Waals surface area contributed by atoms with Gasteiger partial charge in [0.05, 0.1) is 6.42 Å². The third-order valence-electron chi connectivity index (χ3n) is 2.32. The van der Waals surface area contributed by atoms with E-state index in [1.807, 2.05) is 22.6 Å². The first-order valence-corrected chi connectivity index (χ1v) is 6.91. The van der Waals surface area contributed by atoms with Gasteiger partial charge in [-0.2, -0.15) is 13.2 Å². The molecule has 0 heterocycles. The van der Waals surface area contributed by atoms with E-state index in [4.69, 9.17) is 0 Å². The lowest BCUT2D eigenvalue weighted by molar-refractivity contribution is -0.133. The molecule has 0 nitrogen and oxygen atoms in total. The maximum absolute atomic E-state index is 12.0. The van der Waals surface area contributed by atoms with Crippen LogP contribution >= 0.6 is 22.6 Å². The number of alkyl halides is 4. The van der Waals surface area contributed by atoms with Crippen LogP contribution in [0.2, 0.25) is 0 Å². The lowest BCUT2D eigenvalue weighted by Gasteiger charge is -2.12. The van der Waals surface area contributed by atoms with Crippen LogP contribution in [0.15, 0.2) is 0 Å². The smallest absolute Gasteiger partial charge is 0.171 e. The Morgan fingerprint density at radius 1 is 1.00 bits per heavy atom. The molecular formula is C11H20F3I. The SMILES string of the molecule is CCCCCCCCC(I)CC(F)(F)F. The van der Waals surface area contributed by atoms with Crippen LogP contribution in [0, 0.1) is 0 Å². The first-order valence-electron chi connectivity index (χ1n) is 5.66. The molecule has 0 bridgehead atoms. The zero-order valence-corrected chi connectivity index (χ0v) is 11.4. The largest absolute Gasteiger partial charge is 0.390 e. The monoisotopic (exact) mass is 336 g/mol. The lowest BCUT2D eigenvalue weighted by Crippen LogP contribution is -2.14. The molecule has 0 saturated carbocycles. The van der Waals surface area contributed by atoms with E-state index in [1.54, 1.807) is 0 Å². The highest BCUT2D eigenvalue weighted by molar-refractivity contribution is 14.1. The van der Waals surface area contributed by atoms with Gasteiger partial charge in [0.2, 0.25) is 0 Å². The van der Waals surface area contributed by atoms with Gasteiger partial charge in [0, 0.05) is 3.92 Å². The minimum absolute atomic E-state index is 0.242. The number of hydrogen-bond acceptors (Lipinski definition) is 0. The Labute approximate surface area is 104 Å². The summed E-state index contributed by atoms with van der Waals surface area (Å²) in [5, 5.41) is 0. The van der Waals surface area contributed by atoms with Crippen molar-refractivity contribution in [2.24, 2.45) is 0 Å². The Bertz CT molecular complexity index is 145. The van der Waals surface area contributed by atoms with Crippen molar-refractivity contribution >= 4 is 22.6 Å². The van der Waals surface area contributed by atoms with Crippen LogP contribution in [0.1, 0.15) is 58.3 Å². The van der Waals surface area contributed by atoms with E-state index >= 15 is 0 Å². The van der Waals surface area contributed by atoms with Gasteiger partial charge >= 0.3 is 6.18 Å². The fraction of sp³-hybridized carbons (Fsp3) is 1.00. The molecule has 0 aromatic carbocycles. The first-order chi connectivity index (χ1) is 6.95. The van der Waals surface area contributed by atoms with Gasteiger partial charge in [-0.3, -0.25) is 0 Å². The summed E-state index contributed by atoms with van der Waals surface area (Å²) in [6.07, 6.45) is 2.94. The van der Waals surface area contributed by atoms with E-state index in [1.165, 1.54) is 25.7 Å². The minimum Gasteiger partial charge on any atom is -0.171 e. The summed E-state index contributed by atoms with van der Waals surface area (Å²) in [6, 6.07) is 0. The second-order valence-electron chi connectivity index (χ2n) is 3.97. The Morgan fingerprint density at radius 2 is 1.53 bits per heavy atom. The Kier molecular flexibility index (Phi) is 8.95. The standard InChI is InChI=1S/C11H20F3I/c1-2-3-4-5-6-7-8-10(15)9-11(12,13)14/h10H,2-9H2,1H3. The van der Waals surface area contributed by atoms with Gasteiger partial charge in [0.1, 0.15) is 0 Å². The van der Waals surface area contributed by atoms with E-state index < -0.39 is 12.6 Å². The zero-order chi connectivity index (χ0) is 11.7. The molecule has 0 aromatic rings. The molecule has 0 fully saturated rings. The van der Waals surface area contributed by atoms with Crippen molar-refractivity contribution in [3.63, 3.8) is 0 Å². The van der Waals surface area contributed by atoms with Gasteiger partial charge in [-0.05, 0) is 6.42 Å². The molecule has 4 heteroatoms. The van der Waals surface area contributed by atoms with Crippen molar-refractivity contribution < 1.29 is 13.2 Å². The molecule has 0 aliphatic rings. The van der Waals surface area contributed by atoms with Crippen LogP contribution in [0.3, 0.4) is 0 Å². The summed E-state index contributed by atoms with van der Waals surface area (Å²) in [7, 11) is 0. The summed E-state index contributed by atoms with van der Waals surface area (Å²) in [5.74, 6) is 0. The molecule has 0 radical (unpaired) electrons. The van der Waals surface area contributed by atoms with Crippen LogP contribution in [-0.4, -0.2) is 10.1 Å². The van der Waals surface area contributed by atoms with E-state index in [0.717, 1.165) is 12.8 Å². The molecule has 0 aliphatic heterocycles. The highest BCUT2D eigenvalue weighted by Crippen LogP contribution is 2.28. The highest BCUT2D eigenvalue weighted by Gasteiger charge is 2.30. The van der Waals surface area contributed by atoms with Crippen molar-refractivity contribution in [2.45, 2.75) is 68.4 Å². The molecule has 0 N–H and O–H groups in total. The topological polar surface area (TPSA) is 0 Å². The molecule has 1 unspecified atom stereocenters. The third-order valence-corrected chi connectivity index (χ3v) is 3.39. The summed E-state index contributed by atoms with van der Waals surface area (Å²) < 4.78 is 35.7. The summed E-state index contributed by atoms with van der Waals surface area (Å²) in [5.41, 5.74) is 0.